The number of nitrogens with one attached hydrogen (secondary N) is 1. The minimum Gasteiger partial charge on any atom is -0.469 e. The van der Waals surface area contributed by atoms with Gasteiger partial charge in [-0.3, -0.25) is 4.79 Å². The molecule has 0 aromatic carbocycles. The molecule has 17 heavy (non-hydrogen) atoms. The smallest absolute Gasteiger partial charge is 0.305 e. The molecule has 1 aliphatic rings. The van der Waals surface area contributed by atoms with Crippen LogP contribution in [0, 0.1) is 10.8 Å². The molecule has 100 valence electrons. The molecule has 0 saturated heterocycles. The molecule has 0 aromatic heterocycles. The van der Waals surface area contributed by atoms with Gasteiger partial charge in [0.15, 0.2) is 0 Å². The number of carbonyl (C=O) groups is 1. The second kappa shape index (κ2) is 5.38. The van der Waals surface area contributed by atoms with Crippen molar-refractivity contribution in [2.24, 2.45) is 10.8 Å². The van der Waals surface area contributed by atoms with Gasteiger partial charge in [-0.05, 0) is 43.6 Å². The minimum absolute atomic E-state index is 0.0874. The van der Waals surface area contributed by atoms with E-state index in [1.165, 1.54) is 20.0 Å². The van der Waals surface area contributed by atoms with Crippen LogP contribution < -0.4 is 5.32 Å². The SMILES string of the molecule is CNC1CC(C)(C)CC(C)(CCC(=O)OC)C1. The summed E-state index contributed by atoms with van der Waals surface area (Å²) in [6.07, 6.45) is 5.04. The molecular formula is C14H27NO2. The zero-order chi connectivity index (χ0) is 13.1. The molecule has 0 bridgehead atoms. The van der Waals surface area contributed by atoms with Crippen LogP contribution in [0.1, 0.15) is 52.9 Å². The Morgan fingerprint density at radius 3 is 2.53 bits per heavy atom. The number of esters is 1. The van der Waals surface area contributed by atoms with Crippen molar-refractivity contribution in [1.29, 1.82) is 0 Å². The van der Waals surface area contributed by atoms with Crippen molar-refractivity contribution in [2.75, 3.05) is 14.2 Å². The first-order valence-electron chi connectivity index (χ1n) is 6.54. The molecule has 1 rings (SSSR count). The van der Waals surface area contributed by atoms with E-state index in [1.54, 1.807) is 0 Å². The zero-order valence-electron chi connectivity index (χ0n) is 11.9. The predicted molar refractivity (Wildman–Crippen MR) is 69.8 cm³/mol. The van der Waals surface area contributed by atoms with Crippen LogP contribution in [0.2, 0.25) is 0 Å². The summed E-state index contributed by atoms with van der Waals surface area (Å²) in [6, 6.07) is 0.571. The second-order valence-corrected chi connectivity index (χ2v) is 6.62. The van der Waals surface area contributed by atoms with Gasteiger partial charge in [0.05, 0.1) is 7.11 Å². The summed E-state index contributed by atoms with van der Waals surface area (Å²) >= 11 is 0. The van der Waals surface area contributed by atoms with E-state index < -0.39 is 0 Å². The summed E-state index contributed by atoms with van der Waals surface area (Å²) in [5, 5.41) is 3.40. The van der Waals surface area contributed by atoms with Crippen molar-refractivity contribution in [3.05, 3.63) is 0 Å². The van der Waals surface area contributed by atoms with Gasteiger partial charge < -0.3 is 10.1 Å². The van der Waals surface area contributed by atoms with Crippen molar-refractivity contribution >= 4 is 5.97 Å². The normalized spacial score (nSPS) is 32.2. The monoisotopic (exact) mass is 241 g/mol. The fourth-order valence-corrected chi connectivity index (χ4v) is 3.53. The fraction of sp³-hybridized carbons (Fsp3) is 0.929. The lowest BCUT2D eigenvalue weighted by Gasteiger charge is -2.46. The van der Waals surface area contributed by atoms with Crippen molar-refractivity contribution in [2.45, 2.75) is 58.9 Å². The quantitative estimate of drug-likeness (QED) is 0.769. The van der Waals surface area contributed by atoms with Crippen molar-refractivity contribution in [3.63, 3.8) is 0 Å². The molecule has 1 saturated carbocycles. The summed E-state index contributed by atoms with van der Waals surface area (Å²) in [5.74, 6) is -0.0874. The Kier molecular flexibility index (Phi) is 4.59. The zero-order valence-corrected chi connectivity index (χ0v) is 11.9. The molecule has 0 radical (unpaired) electrons. The Balaban J connectivity index is 2.63. The van der Waals surface area contributed by atoms with Crippen LogP contribution in [0.4, 0.5) is 0 Å². The van der Waals surface area contributed by atoms with Gasteiger partial charge in [0.25, 0.3) is 0 Å². The van der Waals surface area contributed by atoms with Gasteiger partial charge in [0, 0.05) is 12.5 Å². The lowest BCUT2D eigenvalue weighted by Crippen LogP contribution is -2.43. The van der Waals surface area contributed by atoms with E-state index in [0.29, 0.717) is 17.9 Å². The first-order chi connectivity index (χ1) is 7.80. The van der Waals surface area contributed by atoms with Crippen LogP contribution in [0.25, 0.3) is 0 Å². The van der Waals surface area contributed by atoms with Crippen LogP contribution in [-0.2, 0) is 9.53 Å². The summed E-state index contributed by atoms with van der Waals surface area (Å²) in [6.45, 7) is 6.96. The highest BCUT2D eigenvalue weighted by atomic mass is 16.5. The Hall–Kier alpha value is -0.570. The third-order valence-corrected chi connectivity index (χ3v) is 4.01. The third kappa shape index (κ3) is 4.30. The molecule has 0 aromatic rings. The maximum Gasteiger partial charge on any atom is 0.305 e. The number of rotatable bonds is 4. The summed E-state index contributed by atoms with van der Waals surface area (Å²) in [4.78, 5) is 11.3. The van der Waals surface area contributed by atoms with Crippen molar-refractivity contribution in [1.82, 2.24) is 5.32 Å². The van der Waals surface area contributed by atoms with E-state index in [2.05, 4.69) is 26.1 Å². The molecule has 1 fully saturated rings. The highest BCUT2D eigenvalue weighted by molar-refractivity contribution is 5.69. The van der Waals surface area contributed by atoms with Crippen LogP contribution in [0.3, 0.4) is 0 Å². The first-order valence-corrected chi connectivity index (χ1v) is 6.54. The van der Waals surface area contributed by atoms with Gasteiger partial charge >= 0.3 is 5.97 Å². The topological polar surface area (TPSA) is 38.3 Å². The molecular weight excluding hydrogens is 214 g/mol. The Labute approximate surface area is 105 Å². The lowest BCUT2D eigenvalue weighted by atomic mass is 9.61. The van der Waals surface area contributed by atoms with Gasteiger partial charge in [-0.25, -0.2) is 0 Å². The molecule has 2 unspecified atom stereocenters. The maximum absolute atomic E-state index is 11.3. The van der Waals surface area contributed by atoms with Crippen LogP contribution in [0.5, 0.6) is 0 Å². The summed E-state index contributed by atoms with van der Waals surface area (Å²) in [5.41, 5.74) is 0.612. The van der Waals surface area contributed by atoms with E-state index in [-0.39, 0.29) is 11.4 Å². The average Bonchev–Trinajstić information content (AvgIpc) is 2.23. The van der Waals surface area contributed by atoms with Gasteiger partial charge in [0.1, 0.15) is 0 Å². The van der Waals surface area contributed by atoms with Crippen LogP contribution >= 0.6 is 0 Å². The Morgan fingerprint density at radius 2 is 2.00 bits per heavy atom. The number of carbonyl (C=O) groups excluding carboxylic acids is 1. The molecule has 1 aliphatic carbocycles. The Morgan fingerprint density at radius 1 is 1.35 bits per heavy atom. The summed E-state index contributed by atoms with van der Waals surface area (Å²) < 4.78 is 4.74. The molecule has 0 amide bonds. The highest BCUT2D eigenvalue weighted by Gasteiger charge is 2.40. The number of hydrogen-bond donors (Lipinski definition) is 1. The van der Waals surface area contributed by atoms with E-state index in [9.17, 15) is 4.79 Å². The third-order valence-electron chi connectivity index (χ3n) is 4.01. The van der Waals surface area contributed by atoms with Gasteiger partial charge in [-0.15, -0.1) is 0 Å². The highest BCUT2D eigenvalue weighted by Crippen LogP contribution is 2.48. The largest absolute Gasteiger partial charge is 0.469 e. The first kappa shape index (κ1) is 14.5. The van der Waals surface area contributed by atoms with Gasteiger partial charge in [0.2, 0.25) is 0 Å². The van der Waals surface area contributed by atoms with Gasteiger partial charge in [-0.1, -0.05) is 20.8 Å². The maximum atomic E-state index is 11.3. The van der Waals surface area contributed by atoms with Gasteiger partial charge in [-0.2, -0.15) is 0 Å². The van der Waals surface area contributed by atoms with E-state index in [0.717, 1.165) is 12.8 Å². The van der Waals surface area contributed by atoms with E-state index in [1.807, 2.05) is 7.05 Å². The lowest BCUT2D eigenvalue weighted by molar-refractivity contribution is -0.141. The molecule has 3 heteroatoms. The fourth-order valence-electron chi connectivity index (χ4n) is 3.53. The average molecular weight is 241 g/mol. The van der Waals surface area contributed by atoms with E-state index >= 15 is 0 Å². The number of methoxy groups -OCH3 is 1. The van der Waals surface area contributed by atoms with Crippen molar-refractivity contribution in [3.8, 4) is 0 Å². The Bertz CT molecular complexity index is 275. The predicted octanol–water partition coefficient (Wildman–Crippen LogP) is 2.74. The van der Waals surface area contributed by atoms with E-state index in [4.69, 9.17) is 4.74 Å². The number of hydrogen-bond acceptors (Lipinski definition) is 3. The standard InChI is InChI=1S/C14H27NO2/c1-13(2)8-11(15-4)9-14(3,10-13)7-6-12(16)17-5/h11,15H,6-10H2,1-5H3. The summed E-state index contributed by atoms with van der Waals surface area (Å²) in [7, 11) is 3.50. The van der Waals surface area contributed by atoms with Crippen molar-refractivity contribution < 1.29 is 9.53 Å². The molecule has 2 atom stereocenters. The molecule has 1 N–H and O–H groups in total. The second-order valence-electron chi connectivity index (χ2n) is 6.62. The van der Waals surface area contributed by atoms with Crippen LogP contribution in [-0.4, -0.2) is 26.2 Å². The molecule has 3 nitrogen and oxygen atoms in total. The number of ether oxygens (including phenoxy) is 1. The van der Waals surface area contributed by atoms with Crippen LogP contribution in [0.15, 0.2) is 0 Å². The molecule has 0 aliphatic heterocycles. The minimum atomic E-state index is -0.0874. The molecule has 0 heterocycles. The molecule has 0 spiro atoms.